The summed E-state index contributed by atoms with van der Waals surface area (Å²) in [6.07, 6.45) is 1.89. The van der Waals surface area contributed by atoms with Gasteiger partial charge in [0.2, 0.25) is 21.8 Å². The lowest BCUT2D eigenvalue weighted by atomic mass is 10.0. The van der Waals surface area contributed by atoms with E-state index in [1.807, 2.05) is 52.8 Å². The number of nitrogens with zero attached hydrogens (tertiary/aromatic N) is 2. The van der Waals surface area contributed by atoms with Gasteiger partial charge >= 0.3 is 0 Å². The van der Waals surface area contributed by atoms with Crippen LogP contribution >= 0.6 is 11.6 Å². The first-order chi connectivity index (χ1) is 17.8. The second kappa shape index (κ2) is 13.8. The van der Waals surface area contributed by atoms with Crippen LogP contribution in [0.3, 0.4) is 0 Å². The summed E-state index contributed by atoms with van der Waals surface area (Å²) in [5.74, 6) is 0.155. The molecule has 210 valence electrons. The van der Waals surface area contributed by atoms with E-state index in [2.05, 4.69) is 5.32 Å². The molecule has 2 aromatic carbocycles. The minimum absolute atomic E-state index is 0.0623. The van der Waals surface area contributed by atoms with Crippen LogP contribution in [-0.4, -0.2) is 56.1 Å². The number of nitrogens with one attached hydrogen (secondary N) is 1. The van der Waals surface area contributed by atoms with E-state index in [4.69, 9.17) is 16.3 Å². The van der Waals surface area contributed by atoms with Crippen LogP contribution in [0.25, 0.3) is 0 Å². The van der Waals surface area contributed by atoms with Gasteiger partial charge in [0, 0.05) is 30.1 Å². The van der Waals surface area contributed by atoms with Crippen LogP contribution in [0.1, 0.15) is 59.4 Å². The average Bonchev–Trinajstić information content (AvgIpc) is 2.82. The van der Waals surface area contributed by atoms with Crippen molar-refractivity contribution in [1.82, 2.24) is 10.2 Å². The maximum absolute atomic E-state index is 13.5. The van der Waals surface area contributed by atoms with Crippen molar-refractivity contribution in [3.8, 4) is 5.75 Å². The summed E-state index contributed by atoms with van der Waals surface area (Å²) in [5, 5.41) is 3.48. The summed E-state index contributed by atoms with van der Waals surface area (Å²) in [6.45, 7) is 10.2. The molecule has 0 spiro atoms. The molecule has 2 rings (SSSR count). The highest BCUT2D eigenvalue weighted by molar-refractivity contribution is 7.92. The fraction of sp³-hybridized carbons (Fsp3) is 0.500. The van der Waals surface area contributed by atoms with E-state index in [9.17, 15) is 18.0 Å². The zero-order valence-corrected chi connectivity index (χ0v) is 24.7. The molecule has 0 unspecified atom stereocenters. The van der Waals surface area contributed by atoms with Gasteiger partial charge < -0.3 is 15.0 Å². The number of carbonyl (C=O) groups is 2. The van der Waals surface area contributed by atoms with Gasteiger partial charge in [0.1, 0.15) is 11.8 Å². The number of hydrogen-bond donors (Lipinski definition) is 1. The van der Waals surface area contributed by atoms with Gasteiger partial charge in [-0.25, -0.2) is 8.42 Å². The largest absolute Gasteiger partial charge is 0.494 e. The Bertz CT molecular complexity index is 1180. The van der Waals surface area contributed by atoms with E-state index in [1.54, 1.807) is 35.2 Å². The lowest BCUT2D eigenvalue weighted by Gasteiger charge is -2.33. The smallest absolute Gasteiger partial charge is 0.243 e. The van der Waals surface area contributed by atoms with E-state index in [0.29, 0.717) is 29.5 Å². The molecule has 2 aromatic rings. The number of carbonyl (C=O) groups excluding carboxylic acids is 2. The zero-order chi connectivity index (χ0) is 28.5. The van der Waals surface area contributed by atoms with Crippen LogP contribution in [-0.2, 0) is 26.2 Å². The van der Waals surface area contributed by atoms with Gasteiger partial charge in [0.05, 0.1) is 18.6 Å². The predicted molar refractivity (Wildman–Crippen MR) is 153 cm³/mol. The Morgan fingerprint density at radius 1 is 1.05 bits per heavy atom. The standard InChI is InChI=1S/C28H40ClN3O5S/c1-7-25(27(34)30-28(3,4)5)31(20-21-12-9-10-13-24(21)29)26(33)14-11-19-32(38(6,35)36)22-15-17-23(18-16-22)37-8-2/h9-10,12-13,15-18,25H,7-8,11,14,19-20H2,1-6H3,(H,30,34)/t25-/m1/s1. The molecule has 0 aliphatic rings. The summed E-state index contributed by atoms with van der Waals surface area (Å²) >= 11 is 6.38. The average molecular weight is 566 g/mol. The number of amides is 2. The second-order valence-electron chi connectivity index (χ2n) is 10.1. The predicted octanol–water partition coefficient (Wildman–Crippen LogP) is 5.01. The van der Waals surface area contributed by atoms with Gasteiger partial charge in [-0.3, -0.25) is 13.9 Å². The molecule has 1 atom stereocenters. The maximum Gasteiger partial charge on any atom is 0.243 e. The molecule has 0 saturated heterocycles. The number of hydrogen-bond acceptors (Lipinski definition) is 5. The van der Waals surface area contributed by atoms with Crippen molar-refractivity contribution in [2.45, 2.75) is 72.0 Å². The molecule has 0 fully saturated rings. The molecular formula is C28H40ClN3O5S. The zero-order valence-electron chi connectivity index (χ0n) is 23.2. The Morgan fingerprint density at radius 3 is 2.21 bits per heavy atom. The van der Waals surface area contributed by atoms with Crippen molar-refractivity contribution in [3.05, 3.63) is 59.1 Å². The molecule has 0 radical (unpaired) electrons. The number of halogens is 1. The van der Waals surface area contributed by atoms with E-state index >= 15 is 0 Å². The summed E-state index contributed by atoms with van der Waals surface area (Å²) in [4.78, 5) is 28.2. The van der Waals surface area contributed by atoms with Crippen LogP contribution in [0, 0.1) is 0 Å². The van der Waals surface area contributed by atoms with Crippen molar-refractivity contribution in [3.63, 3.8) is 0 Å². The topological polar surface area (TPSA) is 96.0 Å². The van der Waals surface area contributed by atoms with Gasteiger partial charge in [-0.1, -0.05) is 36.7 Å². The molecule has 8 nitrogen and oxygen atoms in total. The Morgan fingerprint density at radius 2 is 1.68 bits per heavy atom. The van der Waals surface area contributed by atoms with Crippen LogP contribution < -0.4 is 14.4 Å². The highest BCUT2D eigenvalue weighted by Gasteiger charge is 2.31. The number of benzene rings is 2. The van der Waals surface area contributed by atoms with E-state index in [1.165, 1.54) is 4.31 Å². The lowest BCUT2D eigenvalue weighted by molar-refractivity contribution is -0.142. The highest BCUT2D eigenvalue weighted by atomic mass is 35.5. The van der Waals surface area contributed by atoms with E-state index in [0.717, 1.165) is 11.8 Å². The van der Waals surface area contributed by atoms with Crippen molar-refractivity contribution in [1.29, 1.82) is 0 Å². The minimum Gasteiger partial charge on any atom is -0.494 e. The molecule has 0 aliphatic heterocycles. The van der Waals surface area contributed by atoms with Crippen molar-refractivity contribution in [2.24, 2.45) is 0 Å². The third kappa shape index (κ3) is 9.51. The lowest BCUT2D eigenvalue weighted by Crippen LogP contribution is -2.53. The number of ether oxygens (including phenoxy) is 1. The van der Waals surface area contributed by atoms with Crippen molar-refractivity contribution >= 4 is 39.1 Å². The fourth-order valence-electron chi connectivity index (χ4n) is 4.06. The molecule has 10 heteroatoms. The molecule has 1 N–H and O–H groups in total. The summed E-state index contributed by atoms with van der Waals surface area (Å²) in [7, 11) is -3.58. The summed E-state index contributed by atoms with van der Waals surface area (Å²) < 4.78 is 31.8. The van der Waals surface area contributed by atoms with Crippen LogP contribution in [0.15, 0.2) is 48.5 Å². The highest BCUT2D eigenvalue weighted by Crippen LogP contribution is 2.24. The van der Waals surface area contributed by atoms with Gasteiger partial charge in [-0.05, 0) is 76.4 Å². The summed E-state index contributed by atoms with van der Waals surface area (Å²) in [5.41, 5.74) is 0.765. The fourth-order valence-corrected chi connectivity index (χ4v) is 5.22. The Balaban J connectivity index is 2.23. The Kier molecular flexibility index (Phi) is 11.5. The number of anilines is 1. The quantitative estimate of drug-likeness (QED) is 0.368. The van der Waals surface area contributed by atoms with Gasteiger partial charge in [0.25, 0.3) is 0 Å². The first-order valence-electron chi connectivity index (χ1n) is 12.8. The second-order valence-corrected chi connectivity index (χ2v) is 12.5. The third-order valence-corrected chi connectivity index (χ3v) is 7.33. The molecule has 2 amide bonds. The molecule has 38 heavy (non-hydrogen) atoms. The first-order valence-corrected chi connectivity index (χ1v) is 15.0. The van der Waals surface area contributed by atoms with Gasteiger partial charge in [0.15, 0.2) is 0 Å². The van der Waals surface area contributed by atoms with Crippen LogP contribution in [0.5, 0.6) is 5.75 Å². The SMILES string of the molecule is CCOc1ccc(N(CCCC(=O)N(Cc2ccccc2Cl)[C@H](CC)C(=O)NC(C)(C)C)S(C)(=O)=O)cc1. The first kappa shape index (κ1) is 31.4. The van der Waals surface area contributed by atoms with Gasteiger partial charge in [-0.15, -0.1) is 0 Å². The van der Waals surface area contributed by atoms with E-state index < -0.39 is 21.6 Å². The van der Waals surface area contributed by atoms with Gasteiger partial charge in [-0.2, -0.15) is 0 Å². The van der Waals surface area contributed by atoms with E-state index in [-0.39, 0.29) is 37.7 Å². The monoisotopic (exact) mass is 565 g/mol. The van der Waals surface area contributed by atoms with Crippen molar-refractivity contribution < 1.29 is 22.7 Å². The van der Waals surface area contributed by atoms with Crippen LogP contribution in [0.4, 0.5) is 5.69 Å². The normalized spacial score (nSPS) is 12.5. The summed E-state index contributed by atoms with van der Waals surface area (Å²) in [6, 6.07) is 13.3. The number of rotatable bonds is 13. The number of sulfonamides is 1. The molecular weight excluding hydrogens is 526 g/mol. The van der Waals surface area contributed by atoms with Crippen LogP contribution in [0.2, 0.25) is 5.02 Å². The molecule has 0 saturated carbocycles. The Hall–Kier alpha value is -2.78. The molecule has 0 aromatic heterocycles. The molecule has 0 aliphatic carbocycles. The third-order valence-electron chi connectivity index (χ3n) is 5.77. The molecule has 0 heterocycles. The van der Waals surface area contributed by atoms with Crippen molar-refractivity contribution in [2.75, 3.05) is 23.7 Å². The minimum atomic E-state index is -3.58. The molecule has 0 bridgehead atoms. The maximum atomic E-state index is 13.5. The Labute approximate surface area is 232 Å².